The summed E-state index contributed by atoms with van der Waals surface area (Å²) < 4.78 is 6.31. The van der Waals surface area contributed by atoms with E-state index in [9.17, 15) is 0 Å². The number of nitrogens with one attached hydrogen (secondary N) is 1. The molecule has 0 aliphatic rings. The number of benzene rings is 1. The molecule has 0 aliphatic heterocycles. The minimum absolute atomic E-state index is 0. The van der Waals surface area contributed by atoms with Crippen molar-refractivity contribution in [3.63, 3.8) is 0 Å². The molecule has 0 amide bonds. The predicted molar refractivity (Wildman–Crippen MR) is 69.8 cm³/mol. The van der Waals surface area contributed by atoms with Crippen LogP contribution in [-0.2, 0) is 6.54 Å². The zero-order valence-corrected chi connectivity index (χ0v) is 11.0. The fraction of sp³-hybridized carbons (Fsp3) is 0.273. The maximum atomic E-state index is 5.24. The van der Waals surface area contributed by atoms with Crippen LogP contribution in [0.3, 0.4) is 0 Å². The Morgan fingerprint density at radius 1 is 1.53 bits per heavy atom. The number of halogens is 2. The molecule has 15 heavy (non-hydrogen) atoms. The van der Waals surface area contributed by atoms with Gasteiger partial charge in [-0.25, -0.2) is 0 Å². The third-order valence-corrected chi connectivity index (χ3v) is 2.34. The molecule has 1 aromatic carbocycles. The van der Waals surface area contributed by atoms with E-state index in [2.05, 4.69) is 33.9 Å². The van der Waals surface area contributed by atoms with Gasteiger partial charge in [-0.15, -0.1) is 19.0 Å². The second kappa shape index (κ2) is 7.74. The summed E-state index contributed by atoms with van der Waals surface area (Å²) >= 11 is 3.43. The Balaban J connectivity index is 0.00000196. The average Bonchev–Trinajstić information content (AvgIpc) is 2.19. The van der Waals surface area contributed by atoms with Crippen molar-refractivity contribution in [2.45, 2.75) is 6.54 Å². The first kappa shape index (κ1) is 14.5. The summed E-state index contributed by atoms with van der Waals surface area (Å²) in [6.07, 6.45) is 1.84. The van der Waals surface area contributed by atoms with Crippen molar-refractivity contribution in [3.8, 4) is 5.75 Å². The molecule has 0 atom stereocenters. The summed E-state index contributed by atoms with van der Waals surface area (Å²) in [6, 6.07) is 5.97. The number of hydrogen-bond donors (Lipinski definition) is 1. The third-order valence-electron chi connectivity index (χ3n) is 1.85. The summed E-state index contributed by atoms with van der Waals surface area (Å²) in [5.41, 5.74) is 1.14. The van der Waals surface area contributed by atoms with Crippen molar-refractivity contribution in [1.29, 1.82) is 0 Å². The normalized spacial score (nSPS) is 9.20. The average molecular weight is 293 g/mol. The lowest BCUT2D eigenvalue weighted by molar-refractivity contribution is 0.408. The van der Waals surface area contributed by atoms with E-state index in [1.54, 1.807) is 7.11 Å². The minimum atomic E-state index is 0. The van der Waals surface area contributed by atoms with Gasteiger partial charge in [0.2, 0.25) is 0 Å². The van der Waals surface area contributed by atoms with Gasteiger partial charge in [0.05, 0.1) is 7.11 Å². The molecule has 1 N–H and O–H groups in total. The highest BCUT2D eigenvalue weighted by Crippen LogP contribution is 2.22. The molecule has 1 aromatic rings. The van der Waals surface area contributed by atoms with E-state index in [1.807, 2.05) is 18.2 Å². The Labute approximate surface area is 105 Å². The topological polar surface area (TPSA) is 21.3 Å². The number of rotatable bonds is 5. The van der Waals surface area contributed by atoms with Gasteiger partial charge in [-0.2, -0.15) is 0 Å². The monoisotopic (exact) mass is 291 g/mol. The molecule has 84 valence electrons. The zero-order chi connectivity index (χ0) is 10.4. The van der Waals surface area contributed by atoms with Gasteiger partial charge < -0.3 is 10.1 Å². The smallest absolute Gasteiger partial charge is 0.123 e. The molecule has 0 unspecified atom stereocenters. The molecule has 0 saturated heterocycles. The molecule has 0 aliphatic carbocycles. The fourth-order valence-corrected chi connectivity index (χ4v) is 1.60. The Bertz CT molecular complexity index is 317. The Kier molecular flexibility index (Phi) is 7.48. The fourth-order valence-electron chi connectivity index (χ4n) is 1.19. The maximum Gasteiger partial charge on any atom is 0.123 e. The van der Waals surface area contributed by atoms with E-state index >= 15 is 0 Å². The molecule has 0 heterocycles. The van der Waals surface area contributed by atoms with Crippen LogP contribution in [0.2, 0.25) is 0 Å². The van der Waals surface area contributed by atoms with Gasteiger partial charge in [-0.05, 0) is 18.2 Å². The largest absolute Gasteiger partial charge is 0.496 e. The molecule has 0 fully saturated rings. The lowest BCUT2D eigenvalue weighted by atomic mass is 10.2. The summed E-state index contributed by atoms with van der Waals surface area (Å²) in [5.74, 6) is 0.907. The first-order chi connectivity index (χ1) is 6.77. The summed E-state index contributed by atoms with van der Waals surface area (Å²) in [5, 5.41) is 3.23. The molecule has 0 radical (unpaired) electrons. The van der Waals surface area contributed by atoms with Gasteiger partial charge in [0.15, 0.2) is 0 Å². The molecule has 2 nitrogen and oxygen atoms in total. The summed E-state index contributed by atoms with van der Waals surface area (Å²) in [4.78, 5) is 0. The molecular weight excluding hydrogens is 277 g/mol. The quantitative estimate of drug-likeness (QED) is 0.665. The number of ether oxygens (including phenoxy) is 1. The lowest BCUT2D eigenvalue weighted by Gasteiger charge is -2.09. The first-order valence-corrected chi connectivity index (χ1v) is 5.21. The van der Waals surface area contributed by atoms with Crippen LogP contribution in [-0.4, -0.2) is 13.7 Å². The zero-order valence-electron chi connectivity index (χ0n) is 8.63. The molecule has 4 heteroatoms. The van der Waals surface area contributed by atoms with Crippen LogP contribution in [0.5, 0.6) is 5.75 Å². The molecule has 0 bridgehead atoms. The van der Waals surface area contributed by atoms with Crippen molar-refractivity contribution < 1.29 is 4.74 Å². The van der Waals surface area contributed by atoms with Crippen molar-refractivity contribution >= 4 is 28.3 Å². The van der Waals surface area contributed by atoms with Gasteiger partial charge >= 0.3 is 0 Å². The highest BCUT2D eigenvalue weighted by Gasteiger charge is 2.02. The summed E-state index contributed by atoms with van der Waals surface area (Å²) in [7, 11) is 1.68. The third kappa shape index (κ3) is 4.69. The van der Waals surface area contributed by atoms with Crippen molar-refractivity contribution in [3.05, 3.63) is 40.9 Å². The second-order valence-electron chi connectivity index (χ2n) is 2.88. The maximum absolute atomic E-state index is 5.24. The predicted octanol–water partition coefficient (Wildman–Crippen LogP) is 3.16. The first-order valence-electron chi connectivity index (χ1n) is 4.42. The standard InChI is InChI=1S/C11H14BrNO.ClH/c1-3-6-13-8-9-7-10(12)4-5-11(9)14-2;/h3-5,7,13H,1,6,8H2,2H3;1H. The highest BCUT2D eigenvalue weighted by molar-refractivity contribution is 9.10. The van der Waals surface area contributed by atoms with Gasteiger partial charge in [0.1, 0.15) is 5.75 Å². The van der Waals surface area contributed by atoms with Gasteiger partial charge in [-0.3, -0.25) is 0 Å². The van der Waals surface area contributed by atoms with Crippen LogP contribution in [0.4, 0.5) is 0 Å². The van der Waals surface area contributed by atoms with Crippen LogP contribution >= 0.6 is 28.3 Å². The van der Waals surface area contributed by atoms with E-state index in [0.29, 0.717) is 0 Å². The van der Waals surface area contributed by atoms with E-state index < -0.39 is 0 Å². The van der Waals surface area contributed by atoms with Gasteiger partial charge in [0.25, 0.3) is 0 Å². The molecule has 0 saturated carbocycles. The van der Waals surface area contributed by atoms with Crippen LogP contribution in [0.25, 0.3) is 0 Å². The summed E-state index contributed by atoms with van der Waals surface area (Å²) in [6.45, 7) is 5.24. The second-order valence-corrected chi connectivity index (χ2v) is 3.79. The molecule has 0 aromatic heterocycles. The van der Waals surface area contributed by atoms with Gasteiger partial charge in [-0.1, -0.05) is 22.0 Å². The van der Waals surface area contributed by atoms with Crippen LogP contribution in [0.1, 0.15) is 5.56 Å². The van der Waals surface area contributed by atoms with Crippen molar-refractivity contribution in [1.82, 2.24) is 5.32 Å². The lowest BCUT2D eigenvalue weighted by Crippen LogP contribution is -2.13. The number of methoxy groups -OCH3 is 1. The van der Waals surface area contributed by atoms with E-state index in [-0.39, 0.29) is 12.4 Å². The van der Waals surface area contributed by atoms with Crippen LogP contribution < -0.4 is 10.1 Å². The number of hydrogen-bond acceptors (Lipinski definition) is 2. The highest BCUT2D eigenvalue weighted by atomic mass is 79.9. The molecular formula is C11H15BrClNO. The van der Waals surface area contributed by atoms with E-state index in [0.717, 1.165) is 28.9 Å². The van der Waals surface area contributed by atoms with E-state index in [1.165, 1.54) is 0 Å². The Morgan fingerprint density at radius 2 is 2.27 bits per heavy atom. The van der Waals surface area contributed by atoms with Crippen molar-refractivity contribution in [2.75, 3.05) is 13.7 Å². The minimum Gasteiger partial charge on any atom is -0.496 e. The van der Waals surface area contributed by atoms with Gasteiger partial charge in [0, 0.05) is 23.1 Å². The van der Waals surface area contributed by atoms with Crippen LogP contribution in [0, 0.1) is 0 Å². The molecule has 1 rings (SSSR count). The van der Waals surface area contributed by atoms with Crippen LogP contribution in [0.15, 0.2) is 35.3 Å². The SMILES string of the molecule is C=CCNCc1cc(Br)ccc1OC.Cl. The molecule has 0 spiro atoms. The Morgan fingerprint density at radius 3 is 2.87 bits per heavy atom. The van der Waals surface area contributed by atoms with Crippen molar-refractivity contribution in [2.24, 2.45) is 0 Å². The Hall–Kier alpha value is -0.510. The van der Waals surface area contributed by atoms with E-state index in [4.69, 9.17) is 4.74 Å².